The third kappa shape index (κ3) is 7.43. The molecule has 3 aromatic carbocycles. The van der Waals surface area contributed by atoms with Crippen molar-refractivity contribution in [3.05, 3.63) is 89.0 Å². The smallest absolute Gasteiger partial charge is 0.407 e. The zero-order chi connectivity index (χ0) is 26.6. The van der Waals surface area contributed by atoms with Gasteiger partial charge in [-0.3, -0.25) is 9.59 Å². The molecule has 1 fully saturated rings. The van der Waals surface area contributed by atoms with Crippen LogP contribution >= 0.6 is 0 Å². The lowest BCUT2D eigenvalue weighted by atomic mass is 9.97. The van der Waals surface area contributed by atoms with E-state index in [1.807, 2.05) is 76.2 Å². The summed E-state index contributed by atoms with van der Waals surface area (Å²) in [6.45, 7) is 7.71. The molecule has 3 aromatic rings. The minimum absolute atomic E-state index is 0.0525. The molecule has 0 bridgehead atoms. The second-order valence-electron chi connectivity index (χ2n) is 10.4. The average molecular weight is 500 g/mol. The first-order valence-corrected chi connectivity index (χ1v) is 12.5. The van der Waals surface area contributed by atoms with E-state index in [0.717, 1.165) is 35.1 Å². The van der Waals surface area contributed by atoms with Crippen LogP contribution < -0.4 is 16.0 Å². The summed E-state index contributed by atoms with van der Waals surface area (Å²) in [4.78, 5) is 37.2. The molecule has 7 nitrogen and oxygen atoms in total. The molecular formula is C30H33N3O4. The fourth-order valence-electron chi connectivity index (χ4n) is 3.82. The van der Waals surface area contributed by atoms with E-state index < -0.39 is 11.7 Å². The summed E-state index contributed by atoms with van der Waals surface area (Å²) in [7, 11) is 0. The number of amides is 3. The van der Waals surface area contributed by atoms with E-state index in [0.29, 0.717) is 22.9 Å². The molecule has 1 saturated carbocycles. The van der Waals surface area contributed by atoms with Crippen molar-refractivity contribution < 1.29 is 19.1 Å². The van der Waals surface area contributed by atoms with Crippen LogP contribution in [0.2, 0.25) is 0 Å². The number of ether oxygens (including phenoxy) is 1. The predicted octanol–water partition coefficient (Wildman–Crippen LogP) is 5.83. The zero-order valence-corrected chi connectivity index (χ0v) is 21.7. The number of hydrogen-bond acceptors (Lipinski definition) is 4. The fourth-order valence-corrected chi connectivity index (χ4v) is 3.82. The van der Waals surface area contributed by atoms with Crippen LogP contribution in [0.25, 0.3) is 11.1 Å². The van der Waals surface area contributed by atoms with E-state index in [9.17, 15) is 14.4 Å². The molecule has 0 saturated heterocycles. The Morgan fingerprint density at radius 1 is 0.892 bits per heavy atom. The number of carbonyl (C=O) groups excluding carboxylic acids is 3. The maximum atomic E-state index is 12.9. The zero-order valence-electron chi connectivity index (χ0n) is 21.7. The minimum Gasteiger partial charge on any atom is -0.444 e. The first-order valence-electron chi connectivity index (χ1n) is 12.5. The molecule has 1 aliphatic rings. The maximum absolute atomic E-state index is 12.9. The van der Waals surface area contributed by atoms with Crippen LogP contribution in [0.1, 0.15) is 65.5 Å². The van der Waals surface area contributed by atoms with Crippen molar-refractivity contribution in [1.29, 1.82) is 0 Å². The molecule has 192 valence electrons. The fraction of sp³-hybridized carbons (Fsp3) is 0.300. The number of anilines is 1. The lowest BCUT2D eigenvalue weighted by Crippen LogP contribution is -2.32. The van der Waals surface area contributed by atoms with Gasteiger partial charge in [-0.05, 0) is 99.2 Å². The Balaban J connectivity index is 1.39. The number of carbonyl (C=O) groups is 3. The van der Waals surface area contributed by atoms with Gasteiger partial charge in [0, 0.05) is 29.4 Å². The summed E-state index contributed by atoms with van der Waals surface area (Å²) in [5.74, 6) is -0.290. The summed E-state index contributed by atoms with van der Waals surface area (Å²) in [6.07, 6.45) is 1.59. The van der Waals surface area contributed by atoms with Gasteiger partial charge in [-0.2, -0.15) is 0 Å². The van der Waals surface area contributed by atoms with Gasteiger partial charge < -0.3 is 20.7 Å². The van der Waals surface area contributed by atoms with Gasteiger partial charge in [0.25, 0.3) is 11.8 Å². The molecule has 0 radical (unpaired) electrons. The number of nitrogens with one attached hydrogen (secondary N) is 3. The molecule has 0 heterocycles. The first-order chi connectivity index (χ1) is 17.6. The Bertz CT molecular complexity index is 1310. The molecule has 4 rings (SSSR count). The van der Waals surface area contributed by atoms with E-state index in [2.05, 4.69) is 16.0 Å². The second-order valence-corrected chi connectivity index (χ2v) is 10.4. The molecule has 0 aromatic heterocycles. The normalized spacial score (nSPS) is 13.0. The average Bonchev–Trinajstić information content (AvgIpc) is 3.66. The Kier molecular flexibility index (Phi) is 7.62. The highest BCUT2D eigenvalue weighted by Gasteiger charge is 2.24. The van der Waals surface area contributed by atoms with E-state index in [-0.39, 0.29) is 18.4 Å². The lowest BCUT2D eigenvalue weighted by molar-refractivity contribution is 0.0523. The van der Waals surface area contributed by atoms with Crippen molar-refractivity contribution in [3.63, 3.8) is 0 Å². The van der Waals surface area contributed by atoms with E-state index in [1.54, 1.807) is 18.2 Å². The lowest BCUT2D eigenvalue weighted by Gasteiger charge is -2.19. The molecule has 0 unspecified atom stereocenters. The van der Waals surface area contributed by atoms with Crippen LogP contribution in [0.3, 0.4) is 0 Å². The summed E-state index contributed by atoms with van der Waals surface area (Å²) >= 11 is 0. The highest BCUT2D eigenvalue weighted by molar-refractivity contribution is 6.04. The van der Waals surface area contributed by atoms with Gasteiger partial charge >= 0.3 is 6.09 Å². The largest absolute Gasteiger partial charge is 0.444 e. The Hall–Kier alpha value is -4.13. The number of aryl methyl sites for hydroxylation is 1. The van der Waals surface area contributed by atoms with Gasteiger partial charge in [0.05, 0.1) is 0 Å². The highest BCUT2D eigenvalue weighted by Crippen LogP contribution is 2.26. The van der Waals surface area contributed by atoms with Gasteiger partial charge in [0.2, 0.25) is 0 Å². The minimum atomic E-state index is -0.568. The topological polar surface area (TPSA) is 96.5 Å². The Labute approximate surface area is 217 Å². The maximum Gasteiger partial charge on any atom is 0.407 e. The number of rotatable bonds is 7. The van der Waals surface area contributed by atoms with Crippen molar-refractivity contribution >= 4 is 23.6 Å². The number of hydrogen-bond donors (Lipinski definition) is 3. The summed E-state index contributed by atoms with van der Waals surface area (Å²) in [5, 5.41) is 8.65. The second kappa shape index (κ2) is 10.9. The number of alkyl carbamates (subject to hydrolysis) is 1. The molecule has 3 amide bonds. The molecule has 7 heteroatoms. The van der Waals surface area contributed by atoms with Gasteiger partial charge in [-0.1, -0.05) is 30.3 Å². The van der Waals surface area contributed by atoms with E-state index >= 15 is 0 Å². The van der Waals surface area contributed by atoms with E-state index in [4.69, 9.17) is 4.74 Å². The van der Waals surface area contributed by atoms with Crippen LogP contribution in [0.5, 0.6) is 0 Å². The highest BCUT2D eigenvalue weighted by atomic mass is 16.6. The molecule has 0 spiro atoms. The molecule has 1 aliphatic carbocycles. The Morgan fingerprint density at radius 2 is 1.59 bits per heavy atom. The van der Waals surface area contributed by atoms with Crippen molar-refractivity contribution in [2.45, 2.75) is 58.7 Å². The van der Waals surface area contributed by atoms with Crippen LogP contribution in [0.15, 0.2) is 66.7 Å². The standard InChI is InChI=1S/C30H33N3O4/c1-19-8-9-23(28(35)32-24-14-15-24)17-26(19)21-10-12-22(13-11-21)27(34)33-25-7-5-6-20(16-25)18-31-29(36)37-30(2,3)4/h5-13,16-17,24H,14-15,18H2,1-4H3,(H,31,36)(H,32,35)(H,33,34). The summed E-state index contributed by atoms with van der Waals surface area (Å²) in [5.41, 5.74) is 4.99. The molecule has 0 atom stereocenters. The van der Waals surface area contributed by atoms with Crippen LogP contribution in [-0.4, -0.2) is 29.6 Å². The summed E-state index contributed by atoms with van der Waals surface area (Å²) in [6, 6.07) is 20.6. The van der Waals surface area contributed by atoms with Crippen molar-refractivity contribution in [2.75, 3.05) is 5.32 Å². The quantitative estimate of drug-likeness (QED) is 0.381. The van der Waals surface area contributed by atoms with Gasteiger partial charge in [0.1, 0.15) is 5.60 Å². The summed E-state index contributed by atoms with van der Waals surface area (Å²) < 4.78 is 5.26. The predicted molar refractivity (Wildman–Crippen MR) is 145 cm³/mol. The monoisotopic (exact) mass is 499 g/mol. The third-order valence-electron chi connectivity index (χ3n) is 5.89. The van der Waals surface area contributed by atoms with Gasteiger partial charge in [0.15, 0.2) is 0 Å². The van der Waals surface area contributed by atoms with Crippen molar-refractivity contribution in [2.24, 2.45) is 0 Å². The van der Waals surface area contributed by atoms with Gasteiger partial charge in [-0.15, -0.1) is 0 Å². The first kappa shape index (κ1) is 25.9. The Morgan fingerprint density at radius 3 is 2.27 bits per heavy atom. The molecular weight excluding hydrogens is 466 g/mol. The SMILES string of the molecule is Cc1ccc(C(=O)NC2CC2)cc1-c1ccc(C(=O)Nc2cccc(CNC(=O)OC(C)(C)C)c2)cc1. The van der Waals surface area contributed by atoms with Crippen LogP contribution in [-0.2, 0) is 11.3 Å². The van der Waals surface area contributed by atoms with Crippen LogP contribution in [0, 0.1) is 6.92 Å². The van der Waals surface area contributed by atoms with Gasteiger partial charge in [-0.25, -0.2) is 4.79 Å². The number of benzene rings is 3. The van der Waals surface area contributed by atoms with Crippen molar-refractivity contribution in [3.8, 4) is 11.1 Å². The van der Waals surface area contributed by atoms with E-state index in [1.165, 1.54) is 0 Å². The van der Waals surface area contributed by atoms with Crippen LogP contribution in [0.4, 0.5) is 10.5 Å². The molecule has 3 N–H and O–H groups in total. The molecule has 0 aliphatic heterocycles. The third-order valence-corrected chi connectivity index (χ3v) is 5.89. The van der Waals surface area contributed by atoms with Crippen molar-refractivity contribution in [1.82, 2.24) is 10.6 Å². The molecule has 37 heavy (non-hydrogen) atoms.